The van der Waals surface area contributed by atoms with Gasteiger partial charge in [-0.2, -0.15) is 0 Å². The predicted octanol–water partition coefficient (Wildman–Crippen LogP) is 0.536. The number of rotatable bonds is 12. The number of ether oxygens (including phenoxy) is 1. The van der Waals surface area contributed by atoms with Crippen LogP contribution in [0.15, 0.2) is 30.3 Å². The number of esters is 1. The van der Waals surface area contributed by atoms with Crippen molar-refractivity contribution in [1.29, 1.82) is 0 Å². The molecule has 0 radical (unpaired) electrons. The Morgan fingerprint density at radius 2 is 1.81 bits per heavy atom. The van der Waals surface area contributed by atoms with Crippen LogP contribution in [0.25, 0.3) is 0 Å². The van der Waals surface area contributed by atoms with Crippen LogP contribution < -0.4 is 16.8 Å². The average molecular weight is 365 g/mol. The van der Waals surface area contributed by atoms with Gasteiger partial charge >= 0.3 is 11.9 Å². The maximum absolute atomic E-state index is 12.0. The minimum absolute atomic E-state index is 0.0215. The SMILES string of the molecule is NCCCC[C@H](NC(=O)[C@@H](N)CCC(=O)OCc1ccccc1)C(=O)O. The largest absolute Gasteiger partial charge is 0.480 e. The van der Waals surface area contributed by atoms with E-state index in [2.05, 4.69) is 5.32 Å². The first-order valence-corrected chi connectivity index (χ1v) is 8.62. The molecule has 26 heavy (non-hydrogen) atoms. The van der Waals surface area contributed by atoms with E-state index in [1.54, 1.807) is 0 Å². The highest BCUT2D eigenvalue weighted by atomic mass is 16.5. The van der Waals surface area contributed by atoms with Gasteiger partial charge in [-0.15, -0.1) is 0 Å². The minimum atomic E-state index is -1.12. The van der Waals surface area contributed by atoms with Gasteiger partial charge in [0, 0.05) is 6.42 Å². The summed E-state index contributed by atoms with van der Waals surface area (Å²) in [5, 5.41) is 11.5. The molecular weight excluding hydrogens is 338 g/mol. The lowest BCUT2D eigenvalue weighted by Crippen LogP contribution is -2.48. The van der Waals surface area contributed by atoms with E-state index in [4.69, 9.17) is 21.3 Å². The van der Waals surface area contributed by atoms with Gasteiger partial charge in [0.1, 0.15) is 12.6 Å². The summed E-state index contributed by atoms with van der Waals surface area (Å²) in [4.78, 5) is 34.9. The van der Waals surface area contributed by atoms with Gasteiger partial charge in [-0.05, 0) is 37.8 Å². The molecule has 6 N–H and O–H groups in total. The summed E-state index contributed by atoms with van der Waals surface area (Å²) < 4.78 is 5.11. The lowest BCUT2D eigenvalue weighted by molar-refractivity contribution is -0.145. The molecule has 0 aliphatic carbocycles. The number of hydrogen-bond acceptors (Lipinski definition) is 6. The molecule has 0 aliphatic rings. The molecule has 2 atom stereocenters. The van der Waals surface area contributed by atoms with E-state index in [1.807, 2.05) is 30.3 Å². The molecule has 0 fully saturated rings. The van der Waals surface area contributed by atoms with Crippen molar-refractivity contribution < 1.29 is 24.2 Å². The van der Waals surface area contributed by atoms with E-state index < -0.39 is 29.9 Å². The van der Waals surface area contributed by atoms with E-state index in [1.165, 1.54) is 0 Å². The molecule has 1 aromatic carbocycles. The Morgan fingerprint density at radius 3 is 2.42 bits per heavy atom. The molecule has 0 saturated heterocycles. The quantitative estimate of drug-likeness (QED) is 0.312. The fourth-order valence-electron chi connectivity index (χ4n) is 2.24. The summed E-state index contributed by atoms with van der Waals surface area (Å²) in [6.45, 7) is 0.619. The van der Waals surface area contributed by atoms with Crippen molar-refractivity contribution in [2.75, 3.05) is 6.54 Å². The van der Waals surface area contributed by atoms with Crippen LogP contribution in [0.4, 0.5) is 0 Å². The third kappa shape index (κ3) is 8.59. The van der Waals surface area contributed by atoms with Gasteiger partial charge in [-0.25, -0.2) is 4.79 Å². The normalized spacial score (nSPS) is 12.8. The van der Waals surface area contributed by atoms with Gasteiger partial charge in [0.05, 0.1) is 6.04 Å². The summed E-state index contributed by atoms with van der Waals surface area (Å²) in [5.74, 6) is -2.18. The molecule has 144 valence electrons. The first kappa shape index (κ1) is 21.6. The van der Waals surface area contributed by atoms with E-state index in [0.29, 0.717) is 19.4 Å². The first-order valence-electron chi connectivity index (χ1n) is 8.62. The van der Waals surface area contributed by atoms with Gasteiger partial charge in [-0.3, -0.25) is 9.59 Å². The Morgan fingerprint density at radius 1 is 1.12 bits per heavy atom. The Kier molecular flexibility index (Phi) is 9.96. The van der Waals surface area contributed by atoms with Crippen LogP contribution in [0.5, 0.6) is 0 Å². The van der Waals surface area contributed by atoms with Crippen LogP contribution in [-0.2, 0) is 25.7 Å². The molecule has 8 heteroatoms. The van der Waals surface area contributed by atoms with E-state index in [9.17, 15) is 14.4 Å². The van der Waals surface area contributed by atoms with E-state index in [0.717, 1.165) is 5.56 Å². The van der Waals surface area contributed by atoms with Crippen molar-refractivity contribution in [3.63, 3.8) is 0 Å². The Bertz CT molecular complexity index is 579. The predicted molar refractivity (Wildman–Crippen MR) is 95.9 cm³/mol. The van der Waals surface area contributed by atoms with Crippen molar-refractivity contribution in [3.05, 3.63) is 35.9 Å². The van der Waals surface area contributed by atoms with Crippen molar-refractivity contribution in [2.45, 2.75) is 50.8 Å². The Balaban J connectivity index is 2.33. The van der Waals surface area contributed by atoms with Crippen LogP contribution in [-0.4, -0.2) is 41.6 Å². The zero-order valence-corrected chi connectivity index (χ0v) is 14.7. The molecule has 8 nitrogen and oxygen atoms in total. The molecule has 1 amide bonds. The zero-order chi connectivity index (χ0) is 19.4. The lowest BCUT2D eigenvalue weighted by Gasteiger charge is -2.17. The Labute approximate surface area is 152 Å². The van der Waals surface area contributed by atoms with Gasteiger partial charge in [0.25, 0.3) is 0 Å². The lowest BCUT2D eigenvalue weighted by atomic mass is 10.1. The second-order valence-electron chi connectivity index (χ2n) is 5.98. The summed E-state index contributed by atoms with van der Waals surface area (Å²) in [5.41, 5.74) is 12.0. The molecule has 0 unspecified atom stereocenters. The number of carboxylic acid groups (broad SMARTS) is 1. The molecule has 0 spiro atoms. The standard InChI is InChI=1S/C18H27N3O5/c19-11-5-4-8-15(18(24)25)21-17(23)14(20)9-10-16(22)26-12-13-6-2-1-3-7-13/h1-3,6-7,14-15H,4-5,8-12,19-20H2,(H,21,23)(H,24,25)/t14-,15-/m0/s1. The van der Waals surface area contributed by atoms with Gasteiger partial charge < -0.3 is 26.6 Å². The minimum Gasteiger partial charge on any atom is -0.480 e. The number of aliphatic carboxylic acids is 1. The van der Waals surface area contributed by atoms with Crippen molar-refractivity contribution >= 4 is 17.8 Å². The molecule has 1 aromatic rings. The zero-order valence-electron chi connectivity index (χ0n) is 14.7. The maximum Gasteiger partial charge on any atom is 0.326 e. The summed E-state index contributed by atoms with van der Waals surface area (Å²) in [7, 11) is 0. The number of nitrogens with two attached hydrogens (primary N) is 2. The summed E-state index contributed by atoms with van der Waals surface area (Å²) >= 11 is 0. The van der Waals surface area contributed by atoms with Crippen molar-refractivity contribution in [1.82, 2.24) is 5.32 Å². The highest BCUT2D eigenvalue weighted by Crippen LogP contribution is 2.05. The number of benzene rings is 1. The molecule has 0 heterocycles. The number of nitrogens with one attached hydrogen (secondary N) is 1. The van der Waals surface area contributed by atoms with Crippen LogP contribution in [0.2, 0.25) is 0 Å². The van der Waals surface area contributed by atoms with E-state index >= 15 is 0 Å². The number of carbonyl (C=O) groups excluding carboxylic acids is 2. The molecule has 0 bridgehead atoms. The number of unbranched alkanes of at least 4 members (excludes halogenated alkanes) is 1. The molecule has 0 aromatic heterocycles. The second-order valence-corrected chi connectivity index (χ2v) is 5.98. The average Bonchev–Trinajstić information content (AvgIpc) is 2.64. The highest BCUT2D eigenvalue weighted by Gasteiger charge is 2.23. The number of carboxylic acids is 1. The molecule has 0 saturated carbocycles. The van der Waals surface area contributed by atoms with Gasteiger partial charge in [-0.1, -0.05) is 30.3 Å². The van der Waals surface area contributed by atoms with Crippen molar-refractivity contribution in [3.8, 4) is 0 Å². The second kappa shape index (κ2) is 12.0. The third-order valence-corrected chi connectivity index (χ3v) is 3.80. The molecule has 0 aliphatic heterocycles. The van der Waals surface area contributed by atoms with Gasteiger partial charge in [0.15, 0.2) is 0 Å². The van der Waals surface area contributed by atoms with Crippen LogP contribution in [0, 0.1) is 0 Å². The first-order chi connectivity index (χ1) is 12.4. The summed E-state index contributed by atoms with van der Waals surface area (Å²) in [6.07, 6.45) is 1.61. The third-order valence-electron chi connectivity index (χ3n) is 3.80. The van der Waals surface area contributed by atoms with Crippen LogP contribution in [0.3, 0.4) is 0 Å². The topological polar surface area (TPSA) is 145 Å². The van der Waals surface area contributed by atoms with Crippen LogP contribution in [0.1, 0.15) is 37.7 Å². The maximum atomic E-state index is 12.0. The number of carbonyl (C=O) groups is 3. The number of amides is 1. The monoisotopic (exact) mass is 365 g/mol. The van der Waals surface area contributed by atoms with E-state index in [-0.39, 0.29) is 25.9 Å². The number of hydrogen-bond donors (Lipinski definition) is 4. The molecule has 1 rings (SSSR count). The smallest absolute Gasteiger partial charge is 0.326 e. The van der Waals surface area contributed by atoms with Gasteiger partial charge in [0.2, 0.25) is 5.91 Å². The molecular formula is C18H27N3O5. The summed E-state index contributed by atoms with van der Waals surface area (Å²) in [6, 6.07) is 7.24. The van der Waals surface area contributed by atoms with Crippen LogP contribution >= 0.6 is 0 Å². The van der Waals surface area contributed by atoms with Crippen molar-refractivity contribution in [2.24, 2.45) is 11.5 Å². The Hall–Kier alpha value is -2.45. The fraction of sp³-hybridized carbons (Fsp3) is 0.500. The highest BCUT2D eigenvalue weighted by molar-refractivity contribution is 5.87. The fourth-order valence-corrected chi connectivity index (χ4v) is 2.24.